The lowest BCUT2D eigenvalue weighted by Gasteiger charge is -2.34. The lowest BCUT2D eigenvalue weighted by Crippen LogP contribution is -2.45. The van der Waals surface area contributed by atoms with E-state index >= 15 is 0 Å². The molecule has 2 aromatic heterocycles. The van der Waals surface area contributed by atoms with Gasteiger partial charge in [0, 0.05) is 57.3 Å². The van der Waals surface area contributed by atoms with Crippen molar-refractivity contribution in [1.82, 2.24) is 19.9 Å². The average Bonchev–Trinajstić information content (AvgIpc) is 2.78. The summed E-state index contributed by atoms with van der Waals surface area (Å²) < 4.78 is 91.5. The van der Waals surface area contributed by atoms with E-state index in [2.05, 4.69) is 25.2 Å². The number of aromatic nitrogens is 3. The Morgan fingerprint density at radius 1 is 1.11 bits per heavy atom. The van der Waals surface area contributed by atoms with Crippen molar-refractivity contribution in [3.63, 3.8) is 0 Å². The highest BCUT2D eigenvalue weighted by atomic mass is 32.2. The van der Waals surface area contributed by atoms with Crippen molar-refractivity contribution in [3.8, 4) is 0 Å². The summed E-state index contributed by atoms with van der Waals surface area (Å²) in [5, 5.41) is 2.35. The zero-order valence-electron chi connectivity index (χ0n) is 18.9. The van der Waals surface area contributed by atoms with E-state index in [1.54, 1.807) is 0 Å². The number of fused-ring (bicyclic) bond motifs is 1. The summed E-state index contributed by atoms with van der Waals surface area (Å²) in [6.45, 7) is 2.72. The highest BCUT2D eigenvalue weighted by Crippen LogP contribution is 2.36. The van der Waals surface area contributed by atoms with Crippen molar-refractivity contribution in [2.24, 2.45) is 0 Å². The molecule has 1 aliphatic carbocycles. The second kappa shape index (κ2) is 9.45. The lowest BCUT2D eigenvalue weighted by molar-refractivity contribution is -0.137. The summed E-state index contributed by atoms with van der Waals surface area (Å²) in [7, 11) is -2.03. The van der Waals surface area contributed by atoms with Gasteiger partial charge in [-0.3, -0.25) is 0 Å². The molecule has 1 saturated heterocycles. The zero-order chi connectivity index (χ0) is 25.4. The van der Waals surface area contributed by atoms with Gasteiger partial charge in [-0.1, -0.05) is 0 Å². The Hall–Kier alpha value is -2.61. The van der Waals surface area contributed by atoms with Crippen LogP contribution in [0.2, 0.25) is 0 Å². The fourth-order valence-corrected chi connectivity index (χ4v) is 5.06. The van der Waals surface area contributed by atoms with Crippen LogP contribution in [-0.2, 0) is 28.9 Å². The summed E-state index contributed by atoms with van der Waals surface area (Å²) in [4.78, 5) is 16.5. The minimum absolute atomic E-state index is 0.0774. The number of rotatable bonds is 6. The van der Waals surface area contributed by atoms with Crippen LogP contribution in [0.25, 0.3) is 0 Å². The van der Waals surface area contributed by atoms with Crippen LogP contribution in [0.5, 0.6) is 0 Å². The van der Waals surface area contributed by atoms with Crippen LogP contribution in [0.3, 0.4) is 0 Å². The van der Waals surface area contributed by atoms with E-state index in [9.17, 15) is 30.4 Å². The van der Waals surface area contributed by atoms with E-state index in [4.69, 9.17) is 0 Å². The van der Waals surface area contributed by atoms with Gasteiger partial charge in [-0.2, -0.15) is 18.2 Å². The zero-order valence-corrected chi connectivity index (χ0v) is 19.8. The fourth-order valence-electron chi connectivity index (χ4n) is 3.99. The standard InChI is InChI=1S/C21H25F5N6O2S/c1-31-7-9-32(10-8-31)19-29-16-4-5-20(22,23)12-15(16)18(30-19)27-6-11-35(33,34)17-3-2-14(13-28-17)21(24,25)26/h2-3,13H,4-12H2,1H3,(H,27,29,30). The molecule has 14 heteroatoms. The highest BCUT2D eigenvalue weighted by Gasteiger charge is 2.37. The van der Waals surface area contributed by atoms with Crippen molar-refractivity contribution in [3.05, 3.63) is 35.2 Å². The van der Waals surface area contributed by atoms with Gasteiger partial charge >= 0.3 is 6.18 Å². The average molecular weight is 521 g/mol. The van der Waals surface area contributed by atoms with Gasteiger partial charge in [0.05, 0.1) is 17.0 Å². The van der Waals surface area contributed by atoms with Crippen LogP contribution in [0.1, 0.15) is 23.2 Å². The fraction of sp³-hybridized carbons (Fsp3) is 0.571. The van der Waals surface area contributed by atoms with Crippen LogP contribution in [0.4, 0.5) is 33.7 Å². The van der Waals surface area contributed by atoms with Crippen LogP contribution in [-0.4, -0.2) is 79.7 Å². The molecule has 1 aliphatic heterocycles. The summed E-state index contributed by atoms with van der Waals surface area (Å²) in [5.74, 6) is -2.88. The summed E-state index contributed by atoms with van der Waals surface area (Å²) in [6.07, 6.45) is -4.97. The Labute approximate surface area is 199 Å². The number of piperazine rings is 1. The molecule has 0 radical (unpaired) electrons. The Morgan fingerprint density at radius 2 is 1.83 bits per heavy atom. The molecule has 0 unspecified atom stereocenters. The van der Waals surface area contributed by atoms with Gasteiger partial charge < -0.3 is 15.1 Å². The Balaban J connectivity index is 1.52. The van der Waals surface area contributed by atoms with E-state index in [1.807, 2.05) is 11.9 Å². The molecule has 0 amide bonds. The number of anilines is 2. The molecule has 192 valence electrons. The van der Waals surface area contributed by atoms with Gasteiger partial charge in [0.1, 0.15) is 5.82 Å². The monoisotopic (exact) mass is 520 g/mol. The van der Waals surface area contributed by atoms with Gasteiger partial charge in [0.25, 0.3) is 5.92 Å². The third kappa shape index (κ3) is 5.97. The largest absolute Gasteiger partial charge is 0.417 e. The molecule has 1 fully saturated rings. The normalized spacial score (nSPS) is 18.9. The smallest absolute Gasteiger partial charge is 0.369 e. The van der Waals surface area contributed by atoms with E-state index in [0.29, 0.717) is 37.0 Å². The molecule has 2 aromatic rings. The maximum atomic E-state index is 14.1. The SMILES string of the molecule is CN1CCN(c2nc3c(c(NCCS(=O)(=O)c4ccc(C(F)(F)F)cn4)n2)CC(F)(F)CC3)CC1. The Bertz CT molecular complexity index is 1170. The van der Waals surface area contributed by atoms with Crippen molar-refractivity contribution in [2.45, 2.75) is 36.4 Å². The van der Waals surface area contributed by atoms with E-state index < -0.39 is 44.7 Å². The first kappa shape index (κ1) is 25.5. The molecule has 0 aromatic carbocycles. The van der Waals surface area contributed by atoms with Gasteiger partial charge in [-0.25, -0.2) is 27.2 Å². The maximum Gasteiger partial charge on any atom is 0.417 e. The summed E-state index contributed by atoms with van der Waals surface area (Å²) in [6, 6.07) is 1.45. The molecule has 1 N–H and O–H groups in total. The van der Waals surface area contributed by atoms with Crippen LogP contribution >= 0.6 is 0 Å². The number of hydrogen-bond donors (Lipinski definition) is 1. The molecule has 2 aliphatic rings. The van der Waals surface area contributed by atoms with Crippen molar-refractivity contribution in [2.75, 3.05) is 55.7 Å². The van der Waals surface area contributed by atoms with Crippen LogP contribution < -0.4 is 10.2 Å². The Morgan fingerprint density at radius 3 is 2.46 bits per heavy atom. The molecule has 8 nitrogen and oxygen atoms in total. The molecular formula is C21H25F5N6O2S. The lowest BCUT2D eigenvalue weighted by atomic mass is 9.93. The number of nitrogens with zero attached hydrogens (tertiary/aromatic N) is 5. The number of halogens is 5. The van der Waals surface area contributed by atoms with Gasteiger partial charge in [-0.15, -0.1) is 0 Å². The molecular weight excluding hydrogens is 495 g/mol. The third-order valence-electron chi connectivity index (χ3n) is 6.08. The first-order chi connectivity index (χ1) is 16.3. The topological polar surface area (TPSA) is 91.3 Å². The van der Waals surface area contributed by atoms with Crippen molar-refractivity contribution < 1.29 is 30.4 Å². The number of alkyl halides is 5. The quantitative estimate of drug-likeness (QED) is 0.582. The predicted octanol–water partition coefficient (Wildman–Crippen LogP) is 2.65. The van der Waals surface area contributed by atoms with Gasteiger partial charge in [-0.05, 0) is 25.6 Å². The van der Waals surface area contributed by atoms with Crippen molar-refractivity contribution in [1.29, 1.82) is 0 Å². The minimum Gasteiger partial charge on any atom is -0.369 e. The van der Waals surface area contributed by atoms with Crippen molar-refractivity contribution >= 4 is 21.6 Å². The first-order valence-corrected chi connectivity index (χ1v) is 12.7. The summed E-state index contributed by atoms with van der Waals surface area (Å²) in [5.41, 5.74) is -0.293. The van der Waals surface area contributed by atoms with E-state index in [0.717, 1.165) is 19.2 Å². The molecule has 4 rings (SSSR count). The van der Waals surface area contributed by atoms with Gasteiger partial charge in [0.2, 0.25) is 5.95 Å². The number of pyridine rings is 1. The number of hydrogen-bond acceptors (Lipinski definition) is 8. The van der Waals surface area contributed by atoms with E-state index in [1.165, 1.54) is 0 Å². The molecule has 3 heterocycles. The maximum absolute atomic E-state index is 14.1. The second-order valence-corrected chi connectivity index (χ2v) is 10.8. The van der Waals surface area contributed by atoms with Crippen LogP contribution in [0.15, 0.2) is 23.4 Å². The number of sulfone groups is 1. The molecule has 0 saturated carbocycles. The predicted molar refractivity (Wildman–Crippen MR) is 118 cm³/mol. The molecule has 35 heavy (non-hydrogen) atoms. The molecule has 0 bridgehead atoms. The highest BCUT2D eigenvalue weighted by molar-refractivity contribution is 7.91. The Kier molecular flexibility index (Phi) is 6.88. The summed E-state index contributed by atoms with van der Waals surface area (Å²) >= 11 is 0. The molecule has 0 spiro atoms. The molecule has 0 atom stereocenters. The van der Waals surface area contributed by atoms with Gasteiger partial charge in [0.15, 0.2) is 14.9 Å². The number of likely N-dealkylation sites (N-methyl/N-ethyl adjacent to an activating group) is 1. The van der Waals surface area contributed by atoms with Crippen LogP contribution in [0, 0.1) is 0 Å². The number of nitrogens with one attached hydrogen (secondary N) is 1. The minimum atomic E-state index is -4.63. The second-order valence-electron chi connectivity index (χ2n) is 8.75. The van der Waals surface area contributed by atoms with E-state index in [-0.39, 0.29) is 30.8 Å². The third-order valence-corrected chi connectivity index (χ3v) is 7.70. The first-order valence-electron chi connectivity index (χ1n) is 11.1. The number of aryl methyl sites for hydroxylation is 1.